The van der Waals surface area contributed by atoms with Crippen LogP contribution in [0, 0.1) is 0 Å². The van der Waals surface area contributed by atoms with Crippen molar-refractivity contribution < 1.29 is 23.7 Å². The van der Waals surface area contributed by atoms with Gasteiger partial charge in [-0.3, -0.25) is 4.79 Å². The summed E-state index contributed by atoms with van der Waals surface area (Å²) in [5, 5.41) is 2.87. The normalized spacial score (nSPS) is 18.3. The van der Waals surface area contributed by atoms with Crippen molar-refractivity contribution in [2.45, 2.75) is 32.4 Å². The summed E-state index contributed by atoms with van der Waals surface area (Å²) in [6.07, 6.45) is -0.979. The van der Waals surface area contributed by atoms with E-state index in [4.69, 9.17) is 4.74 Å². The van der Waals surface area contributed by atoms with E-state index in [1.165, 1.54) is 4.58 Å². The Labute approximate surface area is 168 Å². The first-order valence-corrected chi connectivity index (χ1v) is 9.41. The van der Waals surface area contributed by atoms with Gasteiger partial charge in [0.1, 0.15) is 11.4 Å². The largest absolute Gasteiger partial charge is 0.506 e. The molecule has 1 N–H and O–H groups in total. The van der Waals surface area contributed by atoms with E-state index in [-0.39, 0.29) is 12.5 Å². The van der Waals surface area contributed by atoms with Crippen molar-refractivity contribution in [1.82, 2.24) is 5.32 Å². The van der Waals surface area contributed by atoms with Crippen LogP contribution in [-0.4, -0.2) is 46.3 Å². The molecule has 4 rings (SSSR count). The highest BCUT2D eigenvalue weighted by atomic mass is 16.5. The van der Waals surface area contributed by atoms with Gasteiger partial charge in [-0.1, -0.05) is 30.3 Å². The predicted octanol–water partition coefficient (Wildman–Crippen LogP) is 2.33. The number of hydrogen-bond acceptors (Lipinski definition) is 4. The number of benzene rings is 2. The van der Waals surface area contributed by atoms with Crippen molar-refractivity contribution in [3.05, 3.63) is 60.2 Å². The van der Waals surface area contributed by atoms with Crippen LogP contribution in [0.2, 0.25) is 0 Å². The molecule has 1 atom stereocenters. The molecule has 0 aliphatic carbocycles. The number of anilines is 1. The summed E-state index contributed by atoms with van der Waals surface area (Å²) in [4.78, 5) is 40.3. The minimum atomic E-state index is -0.979. The maximum absolute atomic E-state index is 13.4. The third kappa shape index (κ3) is 3.40. The minimum Gasteiger partial charge on any atom is -0.469 e. The summed E-state index contributed by atoms with van der Waals surface area (Å²) in [6, 6.07) is 15.2. The average Bonchev–Trinajstić information content (AvgIpc) is 3.05. The van der Waals surface area contributed by atoms with E-state index in [0.717, 1.165) is 4.90 Å². The Balaban J connectivity index is 1.82. The highest BCUT2D eigenvalue weighted by Gasteiger charge is 2.54. The Morgan fingerprint density at radius 3 is 2.41 bits per heavy atom. The number of rotatable bonds is 3. The van der Waals surface area contributed by atoms with Crippen molar-refractivity contribution in [3.8, 4) is 5.75 Å². The molecule has 2 aliphatic rings. The first-order valence-electron chi connectivity index (χ1n) is 9.41. The van der Waals surface area contributed by atoms with E-state index in [9.17, 15) is 14.4 Å². The molecule has 0 saturated heterocycles. The highest BCUT2D eigenvalue weighted by molar-refractivity contribution is 6.29. The molecule has 148 valence electrons. The fourth-order valence-corrected chi connectivity index (χ4v) is 3.56. The Kier molecular flexibility index (Phi) is 4.45. The minimum absolute atomic E-state index is 0.212. The van der Waals surface area contributed by atoms with Crippen LogP contribution in [0.15, 0.2) is 54.6 Å². The molecular weight excluding hydrogens is 370 g/mol. The van der Waals surface area contributed by atoms with Crippen LogP contribution in [0.25, 0.3) is 0 Å². The second kappa shape index (κ2) is 6.84. The average molecular weight is 392 g/mol. The number of urea groups is 1. The SMILES string of the molecule is CC(C)(C)NC(=O)C[N+]1=C2c3ccccc3OC2C(=O)N(c2ccccc2)C1=O. The standard InChI is InChI=1S/C22H21N3O4/c1-22(2,3)23-17(26)13-24-18-15-11-7-8-12-16(15)29-19(18)20(27)25(21(24)28)14-9-5-4-6-10-14/h4-12,19H,13H2,1-3H3/p+1. The fraction of sp³-hybridized carbons (Fsp3) is 0.273. The van der Waals surface area contributed by atoms with Crippen molar-refractivity contribution in [1.29, 1.82) is 0 Å². The summed E-state index contributed by atoms with van der Waals surface area (Å²) >= 11 is 0. The Bertz CT molecular complexity index is 1040. The number of ether oxygens (including phenoxy) is 1. The molecule has 7 nitrogen and oxygen atoms in total. The fourth-order valence-electron chi connectivity index (χ4n) is 3.56. The van der Waals surface area contributed by atoms with Gasteiger partial charge in [-0.05, 0) is 45.0 Å². The molecule has 29 heavy (non-hydrogen) atoms. The third-order valence-electron chi connectivity index (χ3n) is 4.64. The van der Waals surface area contributed by atoms with Crippen LogP contribution in [0.4, 0.5) is 10.5 Å². The summed E-state index contributed by atoms with van der Waals surface area (Å²) in [5.41, 5.74) is 1.04. The van der Waals surface area contributed by atoms with Crippen LogP contribution < -0.4 is 15.0 Å². The zero-order valence-electron chi connectivity index (χ0n) is 16.5. The topological polar surface area (TPSA) is 78.7 Å². The number of carbonyl (C=O) groups is 3. The highest BCUT2D eigenvalue weighted by Crippen LogP contribution is 2.33. The maximum Gasteiger partial charge on any atom is 0.506 e. The first-order chi connectivity index (χ1) is 13.8. The van der Waals surface area contributed by atoms with Crippen LogP contribution in [0.1, 0.15) is 26.3 Å². The number of hydrogen-bond donors (Lipinski definition) is 1. The zero-order chi connectivity index (χ0) is 20.8. The molecule has 2 aromatic rings. The second-order valence-electron chi connectivity index (χ2n) is 8.06. The quantitative estimate of drug-likeness (QED) is 0.814. The molecule has 2 aliphatic heterocycles. The molecule has 0 saturated carbocycles. The van der Waals surface area contributed by atoms with Gasteiger partial charge in [-0.25, -0.2) is 4.79 Å². The third-order valence-corrected chi connectivity index (χ3v) is 4.64. The van der Waals surface area contributed by atoms with Crippen molar-refractivity contribution in [2.24, 2.45) is 0 Å². The molecule has 0 radical (unpaired) electrons. The lowest BCUT2D eigenvalue weighted by molar-refractivity contribution is -0.417. The monoisotopic (exact) mass is 392 g/mol. The Morgan fingerprint density at radius 1 is 1.07 bits per heavy atom. The molecule has 0 aromatic heterocycles. The molecule has 2 aromatic carbocycles. The number of amides is 4. The van der Waals surface area contributed by atoms with Gasteiger partial charge in [0, 0.05) is 5.54 Å². The summed E-state index contributed by atoms with van der Waals surface area (Å²) < 4.78 is 7.22. The van der Waals surface area contributed by atoms with E-state index in [2.05, 4.69) is 5.32 Å². The van der Waals surface area contributed by atoms with Gasteiger partial charge in [0.2, 0.25) is 0 Å². The lowest BCUT2D eigenvalue weighted by Crippen LogP contribution is -2.59. The van der Waals surface area contributed by atoms with Gasteiger partial charge >= 0.3 is 11.9 Å². The van der Waals surface area contributed by atoms with Gasteiger partial charge in [0.15, 0.2) is 12.3 Å². The predicted molar refractivity (Wildman–Crippen MR) is 107 cm³/mol. The Morgan fingerprint density at radius 2 is 1.72 bits per heavy atom. The van der Waals surface area contributed by atoms with Crippen LogP contribution in [-0.2, 0) is 9.59 Å². The Hall–Kier alpha value is -3.48. The summed E-state index contributed by atoms with van der Waals surface area (Å²) in [7, 11) is 0. The van der Waals surface area contributed by atoms with Gasteiger partial charge in [-0.15, -0.1) is 4.90 Å². The number of imide groups is 1. The number of fused-ring (bicyclic) bond motifs is 3. The van der Waals surface area contributed by atoms with Crippen molar-refractivity contribution >= 4 is 29.2 Å². The molecule has 0 spiro atoms. The maximum atomic E-state index is 13.4. The number of para-hydroxylation sites is 2. The van der Waals surface area contributed by atoms with Crippen LogP contribution in [0.5, 0.6) is 5.75 Å². The molecule has 7 heteroatoms. The van der Waals surface area contributed by atoms with Crippen molar-refractivity contribution in [2.75, 3.05) is 11.4 Å². The summed E-state index contributed by atoms with van der Waals surface area (Å²) in [6.45, 7) is 5.39. The summed E-state index contributed by atoms with van der Waals surface area (Å²) in [5.74, 6) is -0.270. The first kappa shape index (κ1) is 18.9. The van der Waals surface area contributed by atoms with E-state index in [0.29, 0.717) is 22.7 Å². The van der Waals surface area contributed by atoms with Gasteiger partial charge in [0.25, 0.3) is 12.0 Å². The van der Waals surface area contributed by atoms with E-state index >= 15 is 0 Å². The molecule has 0 fully saturated rings. The lowest BCUT2D eigenvalue weighted by atomic mass is 10.0. The van der Waals surface area contributed by atoms with Crippen LogP contribution >= 0.6 is 0 Å². The van der Waals surface area contributed by atoms with Crippen molar-refractivity contribution in [3.63, 3.8) is 0 Å². The molecule has 0 bridgehead atoms. The van der Waals surface area contributed by atoms with E-state index in [1.54, 1.807) is 48.5 Å². The van der Waals surface area contributed by atoms with Crippen LogP contribution in [0.3, 0.4) is 0 Å². The van der Waals surface area contributed by atoms with E-state index < -0.39 is 23.6 Å². The second-order valence-corrected chi connectivity index (χ2v) is 8.06. The van der Waals surface area contributed by atoms with Gasteiger partial charge in [0.05, 0.1) is 5.56 Å². The smallest absolute Gasteiger partial charge is 0.469 e. The molecule has 4 amide bonds. The zero-order valence-corrected chi connectivity index (χ0v) is 16.5. The number of carbonyl (C=O) groups excluding carboxylic acids is 3. The number of nitrogens with zero attached hydrogens (tertiary/aromatic N) is 2. The lowest BCUT2D eigenvalue weighted by Gasteiger charge is -2.25. The van der Waals surface area contributed by atoms with Gasteiger partial charge < -0.3 is 10.1 Å². The molecular formula is C22H22N3O4+. The molecule has 2 heterocycles. The molecule has 1 unspecified atom stereocenters. The van der Waals surface area contributed by atoms with E-state index in [1.807, 2.05) is 26.8 Å². The number of nitrogens with one attached hydrogen (secondary N) is 1. The van der Waals surface area contributed by atoms with Gasteiger partial charge in [-0.2, -0.15) is 9.37 Å².